The van der Waals surface area contributed by atoms with Crippen molar-refractivity contribution >= 4 is 21.8 Å². The number of aromatic amines is 1. The molecule has 0 atom stereocenters. The lowest BCUT2D eigenvalue weighted by atomic mass is 10.1. The smallest absolute Gasteiger partial charge is 0.201 e. The molecule has 0 fully saturated rings. The van der Waals surface area contributed by atoms with Crippen molar-refractivity contribution in [3.8, 4) is 23.0 Å². The van der Waals surface area contributed by atoms with Crippen LogP contribution in [0.4, 0.5) is 0 Å². The summed E-state index contributed by atoms with van der Waals surface area (Å²) in [6.07, 6.45) is 0. The van der Waals surface area contributed by atoms with Gasteiger partial charge in [0, 0.05) is 11.5 Å². The zero-order valence-electron chi connectivity index (χ0n) is 9.52. The Balaban J connectivity index is 2.60. The van der Waals surface area contributed by atoms with Crippen molar-refractivity contribution in [1.82, 2.24) is 4.98 Å². The number of rotatable bonds is 0. The standard InChI is InChI=1S/C13H11NO4/c1-5-2-3-6-9-7(14-10(6)11(5)16)4-8(15)12(17)13(9)18/h2-4,14-18H,1H3. The molecule has 1 heterocycles. The zero-order valence-corrected chi connectivity index (χ0v) is 9.52. The van der Waals surface area contributed by atoms with Gasteiger partial charge in [0.1, 0.15) is 5.75 Å². The van der Waals surface area contributed by atoms with E-state index in [-0.39, 0.29) is 5.75 Å². The summed E-state index contributed by atoms with van der Waals surface area (Å²) in [5.41, 5.74) is 1.60. The Bertz CT molecular complexity index is 789. The predicted molar refractivity (Wildman–Crippen MR) is 67.2 cm³/mol. The number of hydrogen-bond donors (Lipinski definition) is 5. The maximum absolute atomic E-state index is 9.95. The summed E-state index contributed by atoms with van der Waals surface area (Å²) in [7, 11) is 0. The fourth-order valence-electron chi connectivity index (χ4n) is 2.18. The lowest BCUT2D eigenvalue weighted by Gasteiger charge is -2.02. The minimum absolute atomic E-state index is 0.0853. The van der Waals surface area contributed by atoms with Crippen LogP contribution in [0.2, 0.25) is 0 Å². The molecule has 0 saturated heterocycles. The largest absolute Gasteiger partial charge is 0.505 e. The van der Waals surface area contributed by atoms with Gasteiger partial charge >= 0.3 is 0 Å². The van der Waals surface area contributed by atoms with E-state index in [1.807, 2.05) is 0 Å². The molecule has 0 amide bonds. The van der Waals surface area contributed by atoms with E-state index in [0.29, 0.717) is 27.4 Å². The summed E-state index contributed by atoms with van der Waals surface area (Å²) in [5.74, 6) is -1.30. The van der Waals surface area contributed by atoms with Crippen LogP contribution < -0.4 is 0 Å². The van der Waals surface area contributed by atoms with Gasteiger partial charge in [-0.2, -0.15) is 0 Å². The Labute approximate surface area is 102 Å². The van der Waals surface area contributed by atoms with E-state index >= 15 is 0 Å². The van der Waals surface area contributed by atoms with Gasteiger partial charge < -0.3 is 25.4 Å². The van der Waals surface area contributed by atoms with Crippen molar-refractivity contribution in [2.45, 2.75) is 6.92 Å². The van der Waals surface area contributed by atoms with Gasteiger partial charge in [-0.3, -0.25) is 0 Å². The summed E-state index contributed by atoms with van der Waals surface area (Å²) in [6.45, 7) is 1.76. The molecule has 0 saturated carbocycles. The Morgan fingerprint density at radius 2 is 1.67 bits per heavy atom. The van der Waals surface area contributed by atoms with Crippen molar-refractivity contribution in [2.75, 3.05) is 0 Å². The van der Waals surface area contributed by atoms with Crippen LogP contribution in [0.3, 0.4) is 0 Å². The lowest BCUT2D eigenvalue weighted by Crippen LogP contribution is -1.76. The molecule has 5 nitrogen and oxygen atoms in total. The van der Waals surface area contributed by atoms with Gasteiger partial charge in [-0.15, -0.1) is 0 Å². The lowest BCUT2D eigenvalue weighted by molar-refractivity contribution is 0.371. The third kappa shape index (κ3) is 1.15. The second kappa shape index (κ2) is 3.22. The molecule has 1 aromatic heterocycles. The highest BCUT2D eigenvalue weighted by Gasteiger charge is 2.17. The molecule has 92 valence electrons. The molecule has 18 heavy (non-hydrogen) atoms. The number of fused-ring (bicyclic) bond motifs is 3. The number of benzene rings is 2. The maximum Gasteiger partial charge on any atom is 0.201 e. The SMILES string of the molecule is Cc1ccc2c([nH]c3cc(O)c(O)c(O)c32)c1O. The highest BCUT2D eigenvalue weighted by Crippen LogP contribution is 2.45. The number of aromatic nitrogens is 1. The van der Waals surface area contributed by atoms with Crippen molar-refractivity contribution < 1.29 is 20.4 Å². The topological polar surface area (TPSA) is 96.7 Å². The maximum atomic E-state index is 9.95. The van der Waals surface area contributed by atoms with Gasteiger partial charge in [0.25, 0.3) is 0 Å². The molecule has 0 unspecified atom stereocenters. The molecular formula is C13H11NO4. The molecular weight excluding hydrogens is 234 g/mol. The summed E-state index contributed by atoms with van der Waals surface area (Å²) in [4.78, 5) is 2.91. The first kappa shape index (κ1) is 10.6. The van der Waals surface area contributed by atoms with E-state index in [1.54, 1.807) is 19.1 Å². The molecule has 0 spiro atoms. The highest BCUT2D eigenvalue weighted by molar-refractivity contribution is 6.13. The molecule has 0 radical (unpaired) electrons. The van der Waals surface area contributed by atoms with E-state index in [0.717, 1.165) is 0 Å². The summed E-state index contributed by atoms with van der Waals surface area (Å²) in [5, 5.41) is 39.8. The quantitative estimate of drug-likeness (QED) is 0.393. The van der Waals surface area contributed by atoms with Gasteiger partial charge in [0.15, 0.2) is 11.5 Å². The first-order valence-corrected chi connectivity index (χ1v) is 5.38. The van der Waals surface area contributed by atoms with Crippen LogP contribution in [-0.2, 0) is 0 Å². The minimum Gasteiger partial charge on any atom is -0.505 e. The fraction of sp³-hybridized carbons (Fsp3) is 0.0769. The molecule has 3 rings (SSSR count). The number of H-pyrrole nitrogens is 1. The average molecular weight is 245 g/mol. The van der Waals surface area contributed by atoms with Gasteiger partial charge in [-0.25, -0.2) is 0 Å². The van der Waals surface area contributed by atoms with E-state index in [2.05, 4.69) is 4.98 Å². The van der Waals surface area contributed by atoms with E-state index < -0.39 is 17.2 Å². The Morgan fingerprint density at radius 3 is 2.39 bits per heavy atom. The predicted octanol–water partition coefficient (Wildman–Crippen LogP) is 2.45. The average Bonchev–Trinajstić information content (AvgIpc) is 2.70. The van der Waals surface area contributed by atoms with Crippen molar-refractivity contribution in [3.05, 3.63) is 23.8 Å². The third-order valence-corrected chi connectivity index (χ3v) is 3.16. The molecule has 3 aromatic rings. The first-order chi connectivity index (χ1) is 8.50. The van der Waals surface area contributed by atoms with Gasteiger partial charge in [-0.05, 0) is 12.5 Å². The van der Waals surface area contributed by atoms with Crippen molar-refractivity contribution in [2.24, 2.45) is 0 Å². The molecule has 5 N–H and O–H groups in total. The molecule has 0 aliphatic rings. The summed E-state index contributed by atoms with van der Waals surface area (Å²) < 4.78 is 0. The molecule has 5 heteroatoms. The Morgan fingerprint density at radius 1 is 0.944 bits per heavy atom. The van der Waals surface area contributed by atoms with Crippen LogP contribution in [0.5, 0.6) is 23.0 Å². The highest BCUT2D eigenvalue weighted by atomic mass is 16.3. The van der Waals surface area contributed by atoms with Gasteiger partial charge in [0.05, 0.1) is 16.4 Å². The molecule has 0 aliphatic heterocycles. The monoisotopic (exact) mass is 245 g/mol. The van der Waals surface area contributed by atoms with E-state index in [4.69, 9.17) is 0 Å². The number of nitrogens with one attached hydrogen (secondary N) is 1. The van der Waals surface area contributed by atoms with Crippen LogP contribution in [0.25, 0.3) is 21.8 Å². The molecule has 0 bridgehead atoms. The molecule has 2 aromatic carbocycles. The van der Waals surface area contributed by atoms with E-state index in [1.165, 1.54) is 6.07 Å². The molecule has 0 aliphatic carbocycles. The second-order valence-electron chi connectivity index (χ2n) is 4.29. The summed E-state index contributed by atoms with van der Waals surface area (Å²) >= 11 is 0. The number of hydrogen-bond acceptors (Lipinski definition) is 4. The minimum atomic E-state index is -0.566. The van der Waals surface area contributed by atoms with Gasteiger partial charge in [-0.1, -0.05) is 12.1 Å². The van der Waals surface area contributed by atoms with Crippen LogP contribution >= 0.6 is 0 Å². The van der Waals surface area contributed by atoms with Crippen molar-refractivity contribution in [1.29, 1.82) is 0 Å². The number of phenols is 4. The normalized spacial score (nSPS) is 11.4. The zero-order chi connectivity index (χ0) is 13.0. The van der Waals surface area contributed by atoms with Gasteiger partial charge in [0.2, 0.25) is 5.75 Å². The van der Waals surface area contributed by atoms with Crippen molar-refractivity contribution in [3.63, 3.8) is 0 Å². The van der Waals surface area contributed by atoms with E-state index in [9.17, 15) is 20.4 Å². The first-order valence-electron chi connectivity index (χ1n) is 5.38. The van der Waals surface area contributed by atoms with Crippen LogP contribution in [-0.4, -0.2) is 25.4 Å². The number of aromatic hydroxyl groups is 4. The van der Waals surface area contributed by atoms with Crippen LogP contribution in [0, 0.1) is 6.92 Å². The fourth-order valence-corrected chi connectivity index (χ4v) is 2.18. The third-order valence-electron chi connectivity index (χ3n) is 3.16. The van der Waals surface area contributed by atoms with Crippen LogP contribution in [0.15, 0.2) is 18.2 Å². The second-order valence-corrected chi connectivity index (χ2v) is 4.29. The Kier molecular flexibility index (Phi) is 1.90. The summed E-state index contributed by atoms with van der Waals surface area (Å²) in [6, 6.07) is 4.76. The van der Waals surface area contributed by atoms with Crippen LogP contribution in [0.1, 0.15) is 5.56 Å². The number of phenolic OH excluding ortho intramolecular Hbond substituents is 4. The Hall–Kier alpha value is -2.56. The number of aryl methyl sites for hydroxylation is 1.